The van der Waals surface area contributed by atoms with Crippen molar-refractivity contribution in [3.8, 4) is 11.1 Å². The van der Waals surface area contributed by atoms with E-state index in [2.05, 4.69) is 28.6 Å². The molecular weight excluding hydrogens is 322 g/mol. The number of hydrogen-bond acceptors (Lipinski definition) is 4. The van der Waals surface area contributed by atoms with E-state index in [4.69, 9.17) is 0 Å². The average Bonchev–Trinajstić information content (AvgIpc) is 2.99. The number of nitrogens with zero attached hydrogens (tertiary/aromatic N) is 2. The van der Waals surface area contributed by atoms with Gasteiger partial charge in [0.25, 0.3) is 0 Å². The molecule has 24 heavy (non-hydrogen) atoms. The molecule has 130 valence electrons. The van der Waals surface area contributed by atoms with Crippen molar-refractivity contribution in [2.75, 3.05) is 6.26 Å². The summed E-state index contributed by atoms with van der Waals surface area (Å²) in [5.41, 5.74) is 3.38. The molecule has 1 N–H and O–H groups in total. The van der Waals surface area contributed by atoms with Crippen LogP contribution in [0.1, 0.15) is 31.2 Å². The normalized spacial score (nSPS) is 21.8. The van der Waals surface area contributed by atoms with Crippen molar-refractivity contribution >= 4 is 9.84 Å². The first-order valence-electron chi connectivity index (χ1n) is 8.44. The topological polar surface area (TPSA) is 64.0 Å². The Kier molecular flexibility index (Phi) is 5.06. The molecule has 0 radical (unpaired) electrons. The summed E-state index contributed by atoms with van der Waals surface area (Å²) in [4.78, 5) is 0. The lowest BCUT2D eigenvalue weighted by atomic mass is 9.94. The highest BCUT2D eigenvalue weighted by molar-refractivity contribution is 7.91. The van der Waals surface area contributed by atoms with E-state index in [0.717, 1.165) is 42.4 Å². The maximum absolute atomic E-state index is 12.0. The van der Waals surface area contributed by atoms with Crippen LogP contribution in [-0.2, 0) is 23.4 Å². The van der Waals surface area contributed by atoms with Crippen molar-refractivity contribution in [1.29, 1.82) is 0 Å². The summed E-state index contributed by atoms with van der Waals surface area (Å²) in [6.45, 7) is 0.685. The zero-order valence-corrected chi connectivity index (χ0v) is 15.1. The van der Waals surface area contributed by atoms with E-state index in [1.807, 2.05) is 25.5 Å². The molecule has 1 heterocycles. The third-order valence-corrected chi connectivity index (χ3v) is 6.45. The summed E-state index contributed by atoms with van der Waals surface area (Å²) in [5.74, 6) is 0. The summed E-state index contributed by atoms with van der Waals surface area (Å²) >= 11 is 0. The van der Waals surface area contributed by atoms with Crippen LogP contribution >= 0.6 is 0 Å². The van der Waals surface area contributed by atoms with Gasteiger partial charge in [-0.3, -0.25) is 4.68 Å². The minimum Gasteiger partial charge on any atom is -0.309 e. The molecule has 1 aromatic heterocycles. The van der Waals surface area contributed by atoms with Gasteiger partial charge in [-0.05, 0) is 30.0 Å². The number of rotatable bonds is 5. The quantitative estimate of drug-likeness (QED) is 0.903. The molecule has 1 aromatic carbocycles. The van der Waals surface area contributed by atoms with Gasteiger partial charge in [0.05, 0.1) is 11.4 Å². The van der Waals surface area contributed by atoms with Crippen LogP contribution in [0.15, 0.2) is 36.7 Å². The van der Waals surface area contributed by atoms with E-state index in [9.17, 15) is 8.42 Å². The second kappa shape index (κ2) is 7.07. The molecule has 2 aromatic rings. The van der Waals surface area contributed by atoms with Gasteiger partial charge in [0.2, 0.25) is 0 Å². The van der Waals surface area contributed by atoms with Crippen LogP contribution in [-0.4, -0.2) is 35.7 Å². The highest BCUT2D eigenvalue weighted by Gasteiger charge is 2.32. The predicted molar refractivity (Wildman–Crippen MR) is 96.4 cm³/mol. The van der Waals surface area contributed by atoms with Crippen LogP contribution < -0.4 is 5.32 Å². The van der Waals surface area contributed by atoms with Gasteiger partial charge < -0.3 is 5.32 Å². The molecule has 1 aliphatic carbocycles. The second-order valence-electron chi connectivity index (χ2n) is 6.74. The fourth-order valence-electron chi connectivity index (χ4n) is 3.52. The van der Waals surface area contributed by atoms with E-state index in [-0.39, 0.29) is 11.3 Å². The zero-order chi connectivity index (χ0) is 17.2. The molecule has 2 atom stereocenters. The van der Waals surface area contributed by atoms with Crippen molar-refractivity contribution in [1.82, 2.24) is 15.1 Å². The fourth-order valence-corrected chi connectivity index (χ4v) is 4.95. The Morgan fingerprint density at radius 1 is 1.25 bits per heavy atom. The van der Waals surface area contributed by atoms with Crippen molar-refractivity contribution in [3.05, 3.63) is 42.2 Å². The van der Waals surface area contributed by atoms with E-state index in [1.54, 1.807) is 4.68 Å². The smallest absolute Gasteiger partial charge is 0.151 e. The summed E-state index contributed by atoms with van der Waals surface area (Å²) in [6, 6.07) is 8.37. The molecule has 0 aliphatic heterocycles. The third kappa shape index (κ3) is 4.05. The van der Waals surface area contributed by atoms with Gasteiger partial charge in [-0.15, -0.1) is 0 Å². The number of sulfone groups is 1. The first-order chi connectivity index (χ1) is 11.4. The van der Waals surface area contributed by atoms with Crippen LogP contribution in [0.4, 0.5) is 0 Å². The Morgan fingerprint density at radius 3 is 2.75 bits per heavy atom. The lowest BCUT2D eigenvalue weighted by Crippen LogP contribution is -2.45. The number of aryl methyl sites for hydroxylation is 1. The molecule has 1 saturated carbocycles. The largest absolute Gasteiger partial charge is 0.309 e. The first-order valence-corrected chi connectivity index (χ1v) is 10.4. The highest BCUT2D eigenvalue weighted by Crippen LogP contribution is 2.25. The molecular formula is C18H25N3O2S. The maximum Gasteiger partial charge on any atom is 0.151 e. The zero-order valence-electron chi connectivity index (χ0n) is 14.3. The summed E-state index contributed by atoms with van der Waals surface area (Å²) in [6.07, 6.45) is 9.01. The fraction of sp³-hybridized carbons (Fsp3) is 0.500. The molecule has 0 amide bonds. The van der Waals surface area contributed by atoms with E-state index >= 15 is 0 Å². The number of hydrogen-bond donors (Lipinski definition) is 1. The Balaban J connectivity index is 1.70. The molecule has 5 nitrogen and oxygen atoms in total. The van der Waals surface area contributed by atoms with E-state index in [0.29, 0.717) is 6.54 Å². The summed E-state index contributed by atoms with van der Waals surface area (Å²) in [5, 5.41) is 7.44. The molecule has 0 unspecified atom stereocenters. The Bertz CT molecular complexity index is 798. The van der Waals surface area contributed by atoms with Crippen LogP contribution in [0, 0.1) is 0 Å². The average molecular weight is 347 g/mol. The van der Waals surface area contributed by atoms with E-state index < -0.39 is 9.84 Å². The summed E-state index contributed by atoms with van der Waals surface area (Å²) in [7, 11) is -1.10. The number of benzene rings is 1. The Labute approximate surface area is 144 Å². The number of aromatic nitrogens is 2. The SMILES string of the molecule is Cn1cc(-c2cccc(CN[C@@H]3CCCC[C@H]3S(C)(=O)=O)c2)cn1. The molecule has 0 saturated heterocycles. The van der Waals surface area contributed by atoms with Gasteiger partial charge in [-0.2, -0.15) is 5.10 Å². The molecule has 1 aliphatic rings. The molecule has 0 spiro atoms. The minimum atomic E-state index is -3.00. The minimum absolute atomic E-state index is 0.0517. The van der Waals surface area contributed by atoms with Crippen molar-refractivity contribution in [2.24, 2.45) is 7.05 Å². The lowest BCUT2D eigenvalue weighted by molar-refractivity contribution is 0.370. The summed E-state index contributed by atoms with van der Waals surface area (Å²) < 4.78 is 25.8. The van der Waals surface area contributed by atoms with Crippen LogP contribution in [0.3, 0.4) is 0 Å². The van der Waals surface area contributed by atoms with E-state index in [1.165, 1.54) is 6.26 Å². The van der Waals surface area contributed by atoms with Gasteiger partial charge in [-0.25, -0.2) is 8.42 Å². The van der Waals surface area contributed by atoms with Crippen LogP contribution in [0.25, 0.3) is 11.1 Å². The second-order valence-corrected chi connectivity index (χ2v) is 9.01. The van der Waals surface area contributed by atoms with Gasteiger partial charge in [0.1, 0.15) is 0 Å². The van der Waals surface area contributed by atoms with Crippen LogP contribution in [0.5, 0.6) is 0 Å². The molecule has 3 rings (SSSR count). The molecule has 0 bridgehead atoms. The maximum atomic E-state index is 12.0. The van der Waals surface area contributed by atoms with Crippen LogP contribution in [0.2, 0.25) is 0 Å². The van der Waals surface area contributed by atoms with Crippen molar-refractivity contribution in [2.45, 2.75) is 43.5 Å². The molecule has 1 fully saturated rings. The van der Waals surface area contributed by atoms with Gasteiger partial charge in [0.15, 0.2) is 9.84 Å². The van der Waals surface area contributed by atoms with Gasteiger partial charge in [0, 0.05) is 37.7 Å². The van der Waals surface area contributed by atoms with Crippen molar-refractivity contribution in [3.63, 3.8) is 0 Å². The standard InChI is InChI=1S/C18H25N3O2S/c1-21-13-16(12-20-21)15-7-5-6-14(10-15)11-19-17-8-3-4-9-18(17)24(2,22)23/h5-7,10,12-13,17-19H,3-4,8-9,11H2,1-2H3/t17-,18-/m1/s1. The predicted octanol–water partition coefficient (Wildman–Crippen LogP) is 2.53. The monoisotopic (exact) mass is 347 g/mol. The Hall–Kier alpha value is -1.66. The van der Waals surface area contributed by atoms with Gasteiger partial charge in [-0.1, -0.05) is 31.0 Å². The number of nitrogens with one attached hydrogen (secondary N) is 1. The first kappa shape index (κ1) is 17.2. The van der Waals surface area contributed by atoms with Gasteiger partial charge >= 0.3 is 0 Å². The highest BCUT2D eigenvalue weighted by atomic mass is 32.2. The molecule has 6 heteroatoms. The lowest BCUT2D eigenvalue weighted by Gasteiger charge is -2.31. The third-order valence-electron chi connectivity index (χ3n) is 4.79. The Morgan fingerprint density at radius 2 is 2.04 bits per heavy atom. The van der Waals surface area contributed by atoms with Crippen molar-refractivity contribution < 1.29 is 8.42 Å².